The Kier molecular flexibility index (Phi) is 3.39. The Morgan fingerprint density at radius 2 is 2.29 bits per heavy atom. The van der Waals surface area contributed by atoms with Crippen LogP contribution >= 0.6 is 11.8 Å². The van der Waals surface area contributed by atoms with E-state index in [1.807, 2.05) is 10.4 Å². The molecule has 0 fully saturated rings. The number of nitrogens with one attached hydrogen (secondary N) is 3. The third-order valence-electron chi connectivity index (χ3n) is 0.292. The van der Waals surface area contributed by atoms with Gasteiger partial charge in [-0.3, -0.25) is 10.9 Å². The summed E-state index contributed by atoms with van der Waals surface area (Å²) >= 11 is 4.80. The zero-order valence-electron chi connectivity index (χ0n) is 3.36. The maximum atomic E-state index is 9.92. The summed E-state index contributed by atoms with van der Waals surface area (Å²) in [7, 11) is 0. The quantitative estimate of drug-likeness (QED) is 0.154. The molecule has 0 aromatic carbocycles. The Labute approximate surface area is 45.2 Å². The minimum absolute atomic E-state index is 0.588. The maximum absolute atomic E-state index is 9.92. The lowest BCUT2D eigenvalue weighted by atomic mass is 11.1. The Balaban J connectivity index is 3.00. The summed E-state index contributed by atoms with van der Waals surface area (Å²) in [6.45, 7) is 0. The van der Waals surface area contributed by atoms with E-state index in [9.17, 15) is 4.79 Å². The standard InChI is InChI=1S/CH5ClN4O/c2-6-5-1(7)4-3/h6H,3H2,(H2,4,5,7). The van der Waals surface area contributed by atoms with Gasteiger partial charge in [-0.25, -0.2) is 10.6 Å². The molecule has 6 heteroatoms. The monoisotopic (exact) mass is 124 g/mol. The molecule has 0 heterocycles. The fourth-order valence-corrected chi connectivity index (χ4v) is 0.165. The molecule has 0 aliphatic rings. The number of carbonyl (C=O) groups excluding carboxylic acids is 1. The van der Waals surface area contributed by atoms with Gasteiger partial charge >= 0.3 is 6.03 Å². The predicted molar refractivity (Wildman–Crippen MR) is 24.8 cm³/mol. The number of urea groups is 1. The predicted octanol–water partition coefficient (Wildman–Crippen LogP) is -1.18. The van der Waals surface area contributed by atoms with Gasteiger partial charge in [-0.15, -0.1) is 4.94 Å². The van der Waals surface area contributed by atoms with E-state index in [1.165, 1.54) is 0 Å². The summed E-state index contributed by atoms with van der Waals surface area (Å²) in [6.07, 6.45) is 0. The molecular formula is CH5ClN4O. The number of halogens is 1. The van der Waals surface area contributed by atoms with Gasteiger partial charge in [0.25, 0.3) is 0 Å². The number of hydrogen-bond donors (Lipinski definition) is 4. The minimum atomic E-state index is -0.588. The van der Waals surface area contributed by atoms with E-state index in [0.29, 0.717) is 0 Å². The van der Waals surface area contributed by atoms with E-state index in [-0.39, 0.29) is 0 Å². The van der Waals surface area contributed by atoms with Crippen molar-refractivity contribution in [2.75, 3.05) is 0 Å². The molecule has 0 bridgehead atoms. The van der Waals surface area contributed by atoms with E-state index in [4.69, 9.17) is 11.8 Å². The summed E-state index contributed by atoms with van der Waals surface area (Å²) in [6, 6.07) is -0.588. The second-order valence-corrected chi connectivity index (χ2v) is 0.882. The Hall–Kier alpha value is -0.520. The highest BCUT2D eigenvalue weighted by Gasteiger charge is 1.87. The fourth-order valence-electron chi connectivity index (χ4n) is 0.0790. The first-order valence-electron chi connectivity index (χ1n) is 1.43. The number of carbonyl (C=O) groups is 1. The van der Waals surface area contributed by atoms with Crippen LogP contribution in [0.15, 0.2) is 0 Å². The van der Waals surface area contributed by atoms with Crippen LogP contribution in [0.2, 0.25) is 0 Å². The third kappa shape index (κ3) is 3.31. The van der Waals surface area contributed by atoms with Gasteiger partial charge in [0.2, 0.25) is 0 Å². The SMILES string of the molecule is NNC(=O)NNCl. The van der Waals surface area contributed by atoms with Gasteiger partial charge < -0.3 is 0 Å². The minimum Gasteiger partial charge on any atom is -0.275 e. The zero-order valence-corrected chi connectivity index (χ0v) is 4.12. The molecule has 0 rings (SSSR count). The first-order valence-corrected chi connectivity index (χ1v) is 1.81. The van der Waals surface area contributed by atoms with Crippen LogP contribution in [0.1, 0.15) is 0 Å². The highest BCUT2D eigenvalue weighted by molar-refractivity contribution is 6.13. The van der Waals surface area contributed by atoms with Crippen LogP contribution in [0.3, 0.4) is 0 Å². The lowest BCUT2D eigenvalue weighted by molar-refractivity contribution is 0.240. The normalized spacial score (nSPS) is 7.71. The first-order chi connectivity index (χ1) is 3.31. The second kappa shape index (κ2) is 3.66. The van der Waals surface area contributed by atoms with Crippen molar-refractivity contribution in [3.05, 3.63) is 0 Å². The number of hydrogen-bond acceptors (Lipinski definition) is 3. The van der Waals surface area contributed by atoms with Gasteiger partial charge in [-0.1, -0.05) is 0 Å². The van der Waals surface area contributed by atoms with E-state index < -0.39 is 6.03 Å². The Morgan fingerprint density at radius 1 is 1.71 bits per heavy atom. The first kappa shape index (κ1) is 6.48. The molecule has 5 nitrogen and oxygen atoms in total. The van der Waals surface area contributed by atoms with Crippen LogP contribution in [0.5, 0.6) is 0 Å². The van der Waals surface area contributed by atoms with E-state index in [2.05, 4.69) is 5.84 Å². The van der Waals surface area contributed by atoms with Gasteiger partial charge in [-0.05, 0) is 11.8 Å². The van der Waals surface area contributed by atoms with Crippen molar-refractivity contribution in [3.63, 3.8) is 0 Å². The molecule has 42 valence electrons. The van der Waals surface area contributed by atoms with Crippen LogP contribution < -0.4 is 21.6 Å². The lowest BCUT2D eigenvalue weighted by Crippen LogP contribution is -2.43. The van der Waals surface area contributed by atoms with Gasteiger partial charge in [-0.2, -0.15) is 0 Å². The highest BCUT2D eigenvalue weighted by Crippen LogP contribution is 1.53. The molecule has 0 unspecified atom stereocenters. The smallest absolute Gasteiger partial charge is 0.275 e. The molecule has 0 spiro atoms. The number of rotatable bonds is 1. The van der Waals surface area contributed by atoms with Crippen LogP contribution in [0, 0.1) is 0 Å². The van der Waals surface area contributed by atoms with Crippen LogP contribution in [-0.2, 0) is 0 Å². The number of nitrogens with two attached hydrogens (primary N) is 1. The molecule has 7 heavy (non-hydrogen) atoms. The largest absolute Gasteiger partial charge is 0.344 e. The third-order valence-corrected chi connectivity index (χ3v) is 0.386. The number of hydrazine groups is 2. The van der Waals surface area contributed by atoms with Crippen molar-refractivity contribution in [1.29, 1.82) is 0 Å². The molecule has 0 aliphatic heterocycles. The average Bonchev–Trinajstić information content (AvgIpc) is 1.68. The lowest BCUT2D eigenvalue weighted by Gasteiger charge is -1.95. The van der Waals surface area contributed by atoms with Crippen molar-refractivity contribution in [1.82, 2.24) is 15.8 Å². The summed E-state index contributed by atoms with van der Waals surface area (Å²) < 4.78 is 0. The maximum Gasteiger partial charge on any atom is 0.344 e. The van der Waals surface area contributed by atoms with E-state index in [1.54, 1.807) is 5.43 Å². The Morgan fingerprint density at radius 3 is 2.43 bits per heavy atom. The van der Waals surface area contributed by atoms with Crippen molar-refractivity contribution in [2.24, 2.45) is 5.84 Å². The molecule has 0 aromatic heterocycles. The summed E-state index contributed by atoms with van der Waals surface area (Å²) in [5.41, 5.74) is 3.70. The summed E-state index contributed by atoms with van der Waals surface area (Å²) in [5, 5.41) is 0. The topological polar surface area (TPSA) is 79.2 Å². The molecule has 0 aliphatic carbocycles. The van der Waals surface area contributed by atoms with Crippen LogP contribution in [0.4, 0.5) is 4.79 Å². The summed E-state index contributed by atoms with van der Waals surface area (Å²) in [5.74, 6) is 4.60. The molecule has 0 saturated heterocycles. The van der Waals surface area contributed by atoms with Crippen molar-refractivity contribution in [3.8, 4) is 0 Å². The van der Waals surface area contributed by atoms with E-state index in [0.717, 1.165) is 0 Å². The zero-order chi connectivity index (χ0) is 5.70. The second-order valence-electron chi connectivity index (χ2n) is 0.693. The van der Waals surface area contributed by atoms with E-state index >= 15 is 0 Å². The molecule has 0 saturated carbocycles. The summed E-state index contributed by atoms with van der Waals surface area (Å²) in [4.78, 5) is 11.8. The van der Waals surface area contributed by atoms with Gasteiger partial charge in [0.15, 0.2) is 0 Å². The van der Waals surface area contributed by atoms with Crippen LogP contribution in [0.25, 0.3) is 0 Å². The van der Waals surface area contributed by atoms with Crippen molar-refractivity contribution in [2.45, 2.75) is 0 Å². The Bertz CT molecular complexity index is 64.7. The van der Waals surface area contributed by atoms with Crippen molar-refractivity contribution < 1.29 is 4.79 Å². The van der Waals surface area contributed by atoms with Crippen molar-refractivity contribution >= 4 is 17.8 Å². The average molecular weight is 125 g/mol. The molecular weight excluding hydrogens is 119 g/mol. The van der Waals surface area contributed by atoms with Gasteiger partial charge in [0.1, 0.15) is 0 Å². The van der Waals surface area contributed by atoms with Gasteiger partial charge in [0.05, 0.1) is 0 Å². The molecule has 0 aromatic rings. The number of amides is 2. The molecule has 0 atom stereocenters. The molecule has 0 radical (unpaired) electrons. The van der Waals surface area contributed by atoms with Crippen LogP contribution in [-0.4, -0.2) is 6.03 Å². The van der Waals surface area contributed by atoms with Gasteiger partial charge in [0, 0.05) is 0 Å². The highest BCUT2D eigenvalue weighted by atomic mass is 35.5. The molecule has 5 N–H and O–H groups in total. The molecule has 2 amide bonds. The fraction of sp³-hybridized carbons (Fsp3) is 0.